The van der Waals surface area contributed by atoms with Crippen LogP contribution >= 0.6 is 0 Å². The van der Waals surface area contributed by atoms with Crippen LogP contribution in [0.15, 0.2) is 162 Å². The van der Waals surface area contributed by atoms with Gasteiger partial charge in [0.25, 0.3) is 5.69 Å². The Kier molecular flexibility index (Phi) is 10.7. The molecule has 0 aliphatic carbocycles. The molecule has 0 spiro atoms. The highest BCUT2D eigenvalue weighted by molar-refractivity contribution is 6.20. The van der Waals surface area contributed by atoms with Gasteiger partial charge in [0, 0.05) is 43.4 Å². The standard InChI is InChI=1S/C68H62N6O/c1-65(2,3)42-27-31-52-48(35-42)49-36-43(66(4,5)6)28-32-53(49)73(52)56-39-57(74-54-33-29-44(67(7,8)9)37-50(54)51-38-45(68(10,11)12)30-34-55(51)74)59(69-13)61-58(56)46-25-20-26-47(60(46)75-61)64-71-62(40-21-16-14-17-22-40)70-63(72-64)41-23-18-15-19-24-41/h14-39H,1-12H3. The molecule has 0 saturated carbocycles. The van der Waals surface area contributed by atoms with E-state index in [1.165, 1.54) is 33.0 Å². The van der Waals surface area contributed by atoms with E-state index in [9.17, 15) is 6.57 Å². The van der Waals surface area contributed by atoms with Gasteiger partial charge in [-0.2, -0.15) is 0 Å². The summed E-state index contributed by atoms with van der Waals surface area (Å²) in [6.45, 7) is 36.5. The second-order valence-electron chi connectivity index (χ2n) is 24.5. The monoisotopic (exact) mass is 978 g/mol. The maximum Gasteiger partial charge on any atom is 0.252 e. The summed E-state index contributed by atoms with van der Waals surface area (Å²) < 4.78 is 12.1. The van der Waals surface area contributed by atoms with Crippen molar-refractivity contribution < 1.29 is 4.42 Å². The van der Waals surface area contributed by atoms with E-state index in [-0.39, 0.29) is 21.7 Å². The predicted molar refractivity (Wildman–Crippen MR) is 313 cm³/mol. The highest BCUT2D eigenvalue weighted by Crippen LogP contribution is 2.49. The van der Waals surface area contributed by atoms with Crippen molar-refractivity contribution in [1.29, 1.82) is 0 Å². The molecule has 4 aromatic heterocycles. The molecule has 370 valence electrons. The van der Waals surface area contributed by atoms with Crippen molar-refractivity contribution in [2.24, 2.45) is 0 Å². The highest BCUT2D eigenvalue weighted by atomic mass is 16.3. The molecule has 12 rings (SSSR count). The van der Waals surface area contributed by atoms with Crippen molar-refractivity contribution in [1.82, 2.24) is 24.1 Å². The average Bonchev–Trinajstić information content (AvgIpc) is 4.05. The lowest BCUT2D eigenvalue weighted by atomic mass is 9.85. The Morgan fingerprint density at radius 1 is 0.387 bits per heavy atom. The van der Waals surface area contributed by atoms with Crippen LogP contribution in [0.25, 0.3) is 116 Å². The molecule has 0 unspecified atom stereocenters. The summed E-state index contributed by atoms with van der Waals surface area (Å²) in [5.74, 6) is 1.59. The Labute approximate surface area is 439 Å². The van der Waals surface area contributed by atoms with Gasteiger partial charge >= 0.3 is 0 Å². The van der Waals surface area contributed by atoms with Crippen LogP contribution in [-0.4, -0.2) is 24.1 Å². The minimum absolute atomic E-state index is 0.0782. The van der Waals surface area contributed by atoms with Gasteiger partial charge < -0.3 is 13.6 Å². The van der Waals surface area contributed by atoms with Crippen LogP contribution in [0.5, 0.6) is 0 Å². The minimum Gasteiger partial charge on any atom is -0.466 e. The number of aromatic nitrogens is 5. The molecule has 0 atom stereocenters. The summed E-state index contributed by atoms with van der Waals surface area (Å²) in [5.41, 5.74) is 14.5. The van der Waals surface area contributed by atoms with Crippen LogP contribution in [0.1, 0.15) is 105 Å². The topological polar surface area (TPSA) is 66.0 Å². The zero-order valence-corrected chi connectivity index (χ0v) is 45.1. The van der Waals surface area contributed by atoms with E-state index < -0.39 is 0 Å². The van der Waals surface area contributed by atoms with E-state index >= 15 is 0 Å². The van der Waals surface area contributed by atoms with Crippen molar-refractivity contribution in [3.63, 3.8) is 0 Å². The zero-order chi connectivity index (χ0) is 52.5. The van der Waals surface area contributed by atoms with Gasteiger partial charge in [-0.25, -0.2) is 19.8 Å². The number of para-hydroxylation sites is 1. The normalized spacial score (nSPS) is 12.8. The first-order chi connectivity index (χ1) is 35.7. The molecule has 4 heterocycles. The third-order valence-corrected chi connectivity index (χ3v) is 15.2. The number of hydrogen-bond acceptors (Lipinski definition) is 4. The molecule has 75 heavy (non-hydrogen) atoms. The predicted octanol–water partition coefficient (Wildman–Crippen LogP) is 18.7. The fraction of sp³-hybridized carbons (Fsp3) is 0.235. The van der Waals surface area contributed by atoms with Gasteiger partial charge in [-0.05, 0) is 105 Å². The molecule has 0 bridgehead atoms. The van der Waals surface area contributed by atoms with Crippen molar-refractivity contribution in [2.45, 2.75) is 105 Å². The molecule has 7 nitrogen and oxygen atoms in total. The summed E-state index contributed by atoms with van der Waals surface area (Å²) >= 11 is 0. The van der Waals surface area contributed by atoms with E-state index in [1.54, 1.807) is 0 Å². The Morgan fingerprint density at radius 3 is 1.16 bits per heavy atom. The first-order valence-corrected chi connectivity index (χ1v) is 26.1. The van der Waals surface area contributed by atoms with Crippen molar-refractivity contribution in [3.05, 3.63) is 191 Å². The van der Waals surface area contributed by atoms with Gasteiger partial charge in [0.2, 0.25) is 0 Å². The molecular weight excluding hydrogens is 917 g/mol. The smallest absolute Gasteiger partial charge is 0.252 e. The highest BCUT2D eigenvalue weighted by Gasteiger charge is 2.30. The second kappa shape index (κ2) is 16.8. The molecule has 0 aliphatic rings. The molecular formula is C68H62N6O. The first-order valence-electron chi connectivity index (χ1n) is 26.1. The lowest BCUT2D eigenvalue weighted by Crippen LogP contribution is -2.10. The van der Waals surface area contributed by atoms with E-state index in [2.05, 4.69) is 188 Å². The fourth-order valence-electron chi connectivity index (χ4n) is 10.9. The Balaban J connectivity index is 1.25. The van der Waals surface area contributed by atoms with Crippen molar-refractivity contribution >= 4 is 71.2 Å². The molecule has 0 fully saturated rings. The minimum atomic E-state index is -0.0809. The first kappa shape index (κ1) is 47.7. The molecule has 0 aliphatic heterocycles. The third kappa shape index (κ3) is 7.89. The van der Waals surface area contributed by atoms with Gasteiger partial charge in [0.15, 0.2) is 17.5 Å². The van der Waals surface area contributed by atoms with Gasteiger partial charge in [-0.15, -0.1) is 0 Å². The maximum absolute atomic E-state index is 9.24. The fourth-order valence-corrected chi connectivity index (χ4v) is 10.9. The second-order valence-corrected chi connectivity index (χ2v) is 24.5. The van der Waals surface area contributed by atoms with Crippen LogP contribution in [0.3, 0.4) is 0 Å². The van der Waals surface area contributed by atoms with Crippen LogP contribution in [-0.2, 0) is 21.7 Å². The number of furan rings is 1. The van der Waals surface area contributed by atoms with Crippen LogP contribution < -0.4 is 0 Å². The van der Waals surface area contributed by atoms with Crippen LogP contribution in [0, 0.1) is 6.57 Å². The largest absolute Gasteiger partial charge is 0.466 e. The lowest BCUT2D eigenvalue weighted by Gasteiger charge is -2.20. The molecule has 12 aromatic rings. The van der Waals surface area contributed by atoms with E-state index in [4.69, 9.17) is 19.4 Å². The number of hydrogen-bond donors (Lipinski definition) is 0. The average molecular weight is 979 g/mol. The van der Waals surface area contributed by atoms with Crippen molar-refractivity contribution in [2.75, 3.05) is 0 Å². The summed E-state index contributed by atoms with van der Waals surface area (Å²) in [6, 6.07) is 56.2. The summed E-state index contributed by atoms with van der Waals surface area (Å²) in [5, 5.41) is 6.34. The summed E-state index contributed by atoms with van der Waals surface area (Å²) in [7, 11) is 0. The third-order valence-electron chi connectivity index (χ3n) is 15.2. The lowest BCUT2D eigenvalue weighted by molar-refractivity contribution is 0.590. The summed E-state index contributed by atoms with van der Waals surface area (Å²) in [4.78, 5) is 19.9. The number of benzene rings is 8. The number of nitrogens with zero attached hydrogens (tertiary/aromatic N) is 6. The molecule has 0 saturated heterocycles. The Hall–Kier alpha value is -8.34. The number of rotatable bonds is 5. The Bertz CT molecular complexity index is 4120. The van der Waals surface area contributed by atoms with E-state index in [0.717, 1.165) is 66.1 Å². The molecule has 8 aromatic carbocycles. The molecule has 0 radical (unpaired) electrons. The molecule has 0 amide bonds. The van der Waals surface area contributed by atoms with E-state index in [1.807, 2.05) is 66.7 Å². The zero-order valence-electron chi connectivity index (χ0n) is 45.1. The molecule has 0 N–H and O–H groups in total. The van der Waals surface area contributed by atoms with Gasteiger partial charge in [0.1, 0.15) is 11.2 Å². The maximum atomic E-state index is 9.24. The van der Waals surface area contributed by atoms with Gasteiger partial charge in [-0.1, -0.05) is 180 Å². The quantitative estimate of drug-likeness (QED) is 0.161. The van der Waals surface area contributed by atoms with Gasteiger partial charge in [-0.3, -0.25) is 0 Å². The van der Waals surface area contributed by atoms with Crippen molar-refractivity contribution in [3.8, 4) is 45.5 Å². The van der Waals surface area contributed by atoms with Crippen LogP contribution in [0.2, 0.25) is 0 Å². The van der Waals surface area contributed by atoms with Gasteiger partial charge in [0.05, 0.1) is 45.6 Å². The van der Waals surface area contributed by atoms with Crippen LogP contribution in [0.4, 0.5) is 5.69 Å². The SMILES string of the molecule is [C-]#[N+]c1c(-n2c3ccc(C(C)(C)C)cc3c3cc(C(C)(C)C)ccc32)cc(-n2c3ccc(C(C)(C)C)cc3c3cc(C(C)(C)C)ccc32)c2c1oc1c(-c3nc(-c4ccccc4)nc(-c4ccccc4)n3)cccc12. The van der Waals surface area contributed by atoms with E-state index in [0.29, 0.717) is 39.9 Å². The molecule has 7 heteroatoms. The summed E-state index contributed by atoms with van der Waals surface area (Å²) in [6.07, 6.45) is 0. The number of fused-ring (bicyclic) bond motifs is 9. The Morgan fingerprint density at radius 2 is 0.773 bits per heavy atom.